The quantitative estimate of drug-likeness (QED) is 0.723. The molecule has 2 aromatic carbocycles. The lowest BCUT2D eigenvalue weighted by Gasteiger charge is -2.31. The molecule has 0 saturated heterocycles. The monoisotopic (exact) mass is 415 g/mol. The van der Waals surface area contributed by atoms with E-state index in [4.69, 9.17) is 18.9 Å². The molecule has 158 valence electrons. The second-order valence-corrected chi connectivity index (χ2v) is 7.29. The van der Waals surface area contributed by atoms with Gasteiger partial charge in [0.15, 0.2) is 24.7 Å². The molecule has 0 radical (unpaired) electrons. The Kier molecular flexibility index (Phi) is 5.74. The fourth-order valence-corrected chi connectivity index (χ4v) is 3.52. The first-order valence-electron chi connectivity index (χ1n) is 9.87. The SMILES string of the molecule is O=C(COC(=O)COc1ccc(F)cc1)Nc1ccc2c(c1)OC1(CCCCC1)O2. The van der Waals surface area contributed by atoms with Gasteiger partial charge in [-0.15, -0.1) is 0 Å². The number of fused-ring (bicyclic) bond motifs is 1. The normalized spacial score (nSPS) is 16.2. The van der Waals surface area contributed by atoms with Crippen LogP contribution < -0.4 is 19.5 Å². The number of carbonyl (C=O) groups excluding carboxylic acids is 2. The number of benzene rings is 2. The highest BCUT2D eigenvalue weighted by atomic mass is 19.1. The summed E-state index contributed by atoms with van der Waals surface area (Å²) in [7, 11) is 0. The van der Waals surface area contributed by atoms with Crippen LogP contribution in [0, 0.1) is 5.82 Å². The van der Waals surface area contributed by atoms with E-state index in [2.05, 4.69) is 5.32 Å². The van der Waals surface area contributed by atoms with E-state index in [1.807, 2.05) is 0 Å². The smallest absolute Gasteiger partial charge is 0.344 e. The average molecular weight is 415 g/mol. The first-order chi connectivity index (χ1) is 14.5. The number of nitrogens with one attached hydrogen (secondary N) is 1. The summed E-state index contributed by atoms with van der Waals surface area (Å²) >= 11 is 0. The Hall–Kier alpha value is -3.29. The van der Waals surface area contributed by atoms with Crippen molar-refractivity contribution in [3.8, 4) is 17.2 Å². The van der Waals surface area contributed by atoms with Crippen LogP contribution in [0.1, 0.15) is 32.1 Å². The molecule has 8 heteroatoms. The zero-order valence-corrected chi connectivity index (χ0v) is 16.3. The van der Waals surface area contributed by atoms with E-state index in [1.54, 1.807) is 18.2 Å². The van der Waals surface area contributed by atoms with Crippen molar-refractivity contribution >= 4 is 17.6 Å². The number of hydrogen-bond acceptors (Lipinski definition) is 6. The summed E-state index contributed by atoms with van der Waals surface area (Å²) in [5.74, 6) is -0.592. The number of rotatable bonds is 6. The van der Waals surface area contributed by atoms with Crippen molar-refractivity contribution < 1.29 is 32.9 Å². The standard InChI is InChI=1S/C22H22FNO6/c23-15-4-7-17(8-5-15)27-14-21(26)28-13-20(25)24-16-6-9-18-19(12-16)30-22(29-18)10-2-1-3-11-22/h4-9,12H,1-3,10-11,13-14H2,(H,24,25). The molecule has 1 aliphatic heterocycles. The van der Waals surface area contributed by atoms with Crippen LogP contribution in [0.2, 0.25) is 0 Å². The molecular formula is C22H22FNO6. The minimum Gasteiger partial charge on any atom is -0.482 e. The van der Waals surface area contributed by atoms with Crippen molar-refractivity contribution in [2.75, 3.05) is 18.5 Å². The van der Waals surface area contributed by atoms with E-state index in [0.29, 0.717) is 22.9 Å². The van der Waals surface area contributed by atoms with Crippen LogP contribution in [0.15, 0.2) is 42.5 Å². The molecular weight excluding hydrogens is 393 g/mol. The number of esters is 1. The summed E-state index contributed by atoms with van der Waals surface area (Å²) in [6.07, 6.45) is 5.00. The molecule has 0 unspecified atom stereocenters. The molecule has 2 aromatic rings. The maximum absolute atomic E-state index is 12.8. The first-order valence-corrected chi connectivity index (χ1v) is 9.87. The van der Waals surface area contributed by atoms with Crippen molar-refractivity contribution in [3.63, 3.8) is 0 Å². The summed E-state index contributed by atoms with van der Waals surface area (Å²) in [4.78, 5) is 23.8. The van der Waals surface area contributed by atoms with Crippen LogP contribution in [0.4, 0.5) is 10.1 Å². The minimum absolute atomic E-state index is 0.328. The van der Waals surface area contributed by atoms with Gasteiger partial charge in [-0.2, -0.15) is 0 Å². The number of carbonyl (C=O) groups is 2. The van der Waals surface area contributed by atoms with Gasteiger partial charge in [0, 0.05) is 24.6 Å². The van der Waals surface area contributed by atoms with E-state index in [-0.39, 0.29) is 6.61 Å². The minimum atomic E-state index is -0.709. The van der Waals surface area contributed by atoms with E-state index < -0.39 is 30.1 Å². The second-order valence-electron chi connectivity index (χ2n) is 7.29. The highest BCUT2D eigenvalue weighted by Crippen LogP contribution is 2.46. The number of anilines is 1. The highest BCUT2D eigenvalue weighted by molar-refractivity contribution is 5.93. The predicted octanol–water partition coefficient (Wildman–Crippen LogP) is 3.82. The van der Waals surface area contributed by atoms with Crippen molar-refractivity contribution in [2.45, 2.75) is 37.9 Å². The predicted molar refractivity (Wildman–Crippen MR) is 105 cm³/mol. The summed E-state index contributed by atoms with van der Waals surface area (Å²) in [6.45, 7) is -0.838. The maximum Gasteiger partial charge on any atom is 0.344 e. The molecule has 4 rings (SSSR count). The fraction of sp³-hybridized carbons (Fsp3) is 0.364. The third-order valence-electron chi connectivity index (χ3n) is 4.97. The second kappa shape index (κ2) is 8.61. The molecule has 1 fully saturated rings. The van der Waals surface area contributed by atoms with Gasteiger partial charge in [-0.1, -0.05) is 6.42 Å². The Balaban J connectivity index is 1.23. The van der Waals surface area contributed by atoms with E-state index in [1.165, 1.54) is 30.7 Å². The molecule has 1 N–H and O–H groups in total. The van der Waals surface area contributed by atoms with Crippen molar-refractivity contribution in [1.29, 1.82) is 0 Å². The van der Waals surface area contributed by atoms with Gasteiger partial charge in [0.1, 0.15) is 11.6 Å². The zero-order valence-electron chi connectivity index (χ0n) is 16.3. The molecule has 1 amide bonds. The Bertz CT molecular complexity index is 924. The molecule has 0 bridgehead atoms. The van der Waals surface area contributed by atoms with Crippen LogP contribution in [-0.4, -0.2) is 30.9 Å². The van der Waals surface area contributed by atoms with Gasteiger partial charge in [-0.3, -0.25) is 4.79 Å². The molecule has 1 aliphatic carbocycles. The Morgan fingerprint density at radius 2 is 1.70 bits per heavy atom. The molecule has 0 atom stereocenters. The van der Waals surface area contributed by atoms with Crippen LogP contribution >= 0.6 is 0 Å². The maximum atomic E-state index is 12.8. The van der Waals surface area contributed by atoms with Crippen molar-refractivity contribution in [3.05, 3.63) is 48.3 Å². The van der Waals surface area contributed by atoms with Gasteiger partial charge in [0.2, 0.25) is 0 Å². The topological polar surface area (TPSA) is 83.1 Å². The van der Waals surface area contributed by atoms with Gasteiger partial charge >= 0.3 is 5.97 Å². The Morgan fingerprint density at radius 3 is 2.47 bits per heavy atom. The molecule has 1 heterocycles. The lowest BCUT2D eigenvalue weighted by atomic mass is 9.94. The van der Waals surface area contributed by atoms with E-state index in [9.17, 15) is 14.0 Å². The van der Waals surface area contributed by atoms with Crippen molar-refractivity contribution in [1.82, 2.24) is 0 Å². The number of halogens is 1. The molecule has 7 nitrogen and oxygen atoms in total. The summed E-state index contributed by atoms with van der Waals surface area (Å²) in [6, 6.07) is 10.4. The third kappa shape index (κ3) is 4.82. The summed E-state index contributed by atoms with van der Waals surface area (Å²) in [5.41, 5.74) is 0.522. The van der Waals surface area contributed by atoms with Gasteiger partial charge in [-0.25, -0.2) is 9.18 Å². The van der Waals surface area contributed by atoms with Crippen LogP contribution in [0.3, 0.4) is 0 Å². The van der Waals surface area contributed by atoms with Gasteiger partial charge in [0.25, 0.3) is 11.7 Å². The largest absolute Gasteiger partial charge is 0.482 e. The summed E-state index contributed by atoms with van der Waals surface area (Å²) in [5, 5.41) is 2.66. The first kappa shape index (κ1) is 20.0. The lowest BCUT2D eigenvalue weighted by molar-refractivity contribution is -0.149. The molecule has 1 spiro atoms. The average Bonchev–Trinajstić information content (AvgIpc) is 3.08. The highest BCUT2D eigenvalue weighted by Gasteiger charge is 2.42. The zero-order chi connectivity index (χ0) is 21.0. The van der Waals surface area contributed by atoms with Crippen LogP contribution in [0.25, 0.3) is 0 Å². The summed E-state index contributed by atoms with van der Waals surface area (Å²) < 4.78 is 35.0. The van der Waals surface area contributed by atoms with E-state index >= 15 is 0 Å². The van der Waals surface area contributed by atoms with Crippen molar-refractivity contribution in [2.24, 2.45) is 0 Å². The van der Waals surface area contributed by atoms with E-state index in [0.717, 1.165) is 25.7 Å². The number of hydrogen-bond donors (Lipinski definition) is 1. The van der Waals surface area contributed by atoms with Crippen LogP contribution in [0.5, 0.6) is 17.2 Å². The molecule has 0 aromatic heterocycles. The molecule has 2 aliphatic rings. The molecule has 30 heavy (non-hydrogen) atoms. The third-order valence-corrected chi connectivity index (χ3v) is 4.97. The van der Waals surface area contributed by atoms with Gasteiger partial charge < -0.3 is 24.3 Å². The number of ether oxygens (including phenoxy) is 4. The van der Waals surface area contributed by atoms with Gasteiger partial charge in [0.05, 0.1) is 0 Å². The Labute approximate surface area is 173 Å². The molecule has 1 saturated carbocycles. The fourth-order valence-electron chi connectivity index (χ4n) is 3.52. The van der Waals surface area contributed by atoms with Gasteiger partial charge in [-0.05, 0) is 49.2 Å². The number of amides is 1. The van der Waals surface area contributed by atoms with Crippen LogP contribution in [-0.2, 0) is 14.3 Å². The Morgan fingerprint density at radius 1 is 0.967 bits per heavy atom. The lowest BCUT2D eigenvalue weighted by Crippen LogP contribution is -2.40.